The molecule has 3 aromatic carbocycles. The zero-order valence-electron chi connectivity index (χ0n) is 21.6. The number of aromatic nitrogens is 3. The molecule has 0 saturated carbocycles. The van der Waals surface area contributed by atoms with Crippen LogP contribution in [0.4, 0.5) is 5.69 Å². The van der Waals surface area contributed by atoms with Gasteiger partial charge in [0, 0.05) is 10.7 Å². The van der Waals surface area contributed by atoms with Crippen LogP contribution >= 0.6 is 11.8 Å². The normalized spacial score (nSPS) is 14.1. The molecule has 0 bridgehead atoms. The number of fused-ring (bicyclic) bond motifs is 3. The van der Waals surface area contributed by atoms with E-state index >= 15 is 0 Å². The van der Waals surface area contributed by atoms with Crippen LogP contribution in [-0.2, 0) is 0 Å². The lowest BCUT2D eigenvalue weighted by Crippen LogP contribution is -2.61. The average molecular weight is 528 g/mol. The second-order valence-electron chi connectivity index (χ2n) is 9.14. The van der Waals surface area contributed by atoms with E-state index in [1.54, 1.807) is 21.7 Å². The molecule has 7 nitrogen and oxygen atoms in total. The summed E-state index contributed by atoms with van der Waals surface area (Å²) < 4.78 is 7.96. The molecular formula is C30H31N4O3S+. The minimum atomic E-state index is -0.729. The fourth-order valence-corrected chi connectivity index (χ4v) is 5.18. The number of H-pyrrole nitrogens is 1. The van der Waals surface area contributed by atoms with E-state index in [1.165, 1.54) is 11.8 Å². The Bertz CT molecular complexity index is 1490. The highest BCUT2D eigenvalue weighted by molar-refractivity contribution is 7.98. The summed E-state index contributed by atoms with van der Waals surface area (Å²) in [5, 5.41) is 5.28. The molecule has 1 amide bonds. The number of hydrogen-bond donors (Lipinski definition) is 1. The van der Waals surface area contributed by atoms with Crippen molar-refractivity contribution >= 4 is 23.4 Å². The number of amides is 1. The number of rotatable bonds is 9. The van der Waals surface area contributed by atoms with Gasteiger partial charge in [0.1, 0.15) is 5.75 Å². The van der Waals surface area contributed by atoms with E-state index in [0.717, 1.165) is 31.2 Å². The van der Waals surface area contributed by atoms with Crippen LogP contribution in [-0.4, -0.2) is 28.9 Å². The SMILES string of the molecule is CCCCCCOc1ccccc1C1N(C(=O)c2ccccc2)c2ccccc2-c2c(=O)[nH]c(SC)n[n+]21. The van der Waals surface area contributed by atoms with Gasteiger partial charge in [0.25, 0.3) is 12.1 Å². The van der Waals surface area contributed by atoms with Gasteiger partial charge >= 0.3 is 11.3 Å². The maximum atomic E-state index is 14.2. The van der Waals surface area contributed by atoms with Crippen LogP contribution in [0.25, 0.3) is 11.3 Å². The molecule has 1 aromatic heterocycles. The first kappa shape index (κ1) is 25.7. The molecule has 4 aromatic rings. The standard InChI is InChI=1S/C30H30N4O3S/c1-3-4-5-13-20-37-25-19-12-10-17-23(25)28-33(29(36)21-14-7-6-8-15-21)24-18-11-9-16-22(24)26-27(35)31-30(38-2)32-34(26)28/h6-12,14-19,28H,3-5,13,20H2,1-2H3/p+1. The number of carbonyl (C=O) groups excluding carboxylic acids is 1. The maximum Gasteiger partial charge on any atom is 0.325 e. The molecule has 38 heavy (non-hydrogen) atoms. The Morgan fingerprint density at radius 1 is 1.00 bits per heavy atom. The molecule has 1 N–H and O–H groups in total. The summed E-state index contributed by atoms with van der Waals surface area (Å²) in [6.07, 6.45) is 5.49. The zero-order chi connectivity index (χ0) is 26.5. The molecule has 0 radical (unpaired) electrons. The Labute approximate surface area is 226 Å². The van der Waals surface area contributed by atoms with Gasteiger partial charge in [0.15, 0.2) is 0 Å². The van der Waals surface area contributed by atoms with Crippen LogP contribution < -0.4 is 19.9 Å². The van der Waals surface area contributed by atoms with E-state index < -0.39 is 6.17 Å². The number of nitrogens with one attached hydrogen (secondary N) is 1. The fourth-order valence-electron chi connectivity index (χ4n) is 4.82. The van der Waals surface area contributed by atoms with Crippen molar-refractivity contribution in [1.82, 2.24) is 10.1 Å². The van der Waals surface area contributed by atoms with E-state index in [4.69, 9.17) is 9.84 Å². The van der Waals surface area contributed by atoms with Gasteiger partial charge in [-0.05, 0) is 53.8 Å². The lowest BCUT2D eigenvalue weighted by molar-refractivity contribution is -0.763. The summed E-state index contributed by atoms with van der Waals surface area (Å²) in [6.45, 7) is 2.75. The number of aromatic amines is 1. The minimum absolute atomic E-state index is 0.188. The van der Waals surface area contributed by atoms with Crippen molar-refractivity contribution in [3.8, 4) is 17.0 Å². The van der Waals surface area contributed by atoms with Gasteiger partial charge in [-0.3, -0.25) is 14.6 Å². The van der Waals surface area contributed by atoms with Crippen molar-refractivity contribution in [3.63, 3.8) is 0 Å². The highest BCUT2D eigenvalue weighted by Gasteiger charge is 2.47. The molecule has 0 spiro atoms. The minimum Gasteiger partial charge on any atom is -0.493 e. The van der Waals surface area contributed by atoms with E-state index in [0.29, 0.717) is 40.0 Å². The van der Waals surface area contributed by atoms with E-state index in [2.05, 4.69) is 11.9 Å². The number of para-hydroxylation sites is 2. The molecule has 0 aliphatic carbocycles. The van der Waals surface area contributed by atoms with Crippen molar-refractivity contribution < 1.29 is 14.2 Å². The fraction of sp³-hybridized carbons (Fsp3) is 0.267. The third-order valence-corrected chi connectivity index (χ3v) is 7.21. The van der Waals surface area contributed by atoms with Gasteiger partial charge in [0.05, 0.1) is 23.4 Å². The molecule has 1 aliphatic rings. The van der Waals surface area contributed by atoms with E-state index in [9.17, 15) is 9.59 Å². The number of carbonyl (C=O) groups is 1. The Morgan fingerprint density at radius 3 is 2.53 bits per heavy atom. The number of hydrogen-bond acceptors (Lipinski definition) is 5. The molecule has 1 aliphatic heterocycles. The topological polar surface area (TPSA) is 79.2 Å². The third-order valence-electron chi connectivity index (χ3n) is 6.64. The van der Waals surface area contributed by atoms with Crippen LogP contribution in [0.1, 0.15) is 54.7 Å². The van der Waals surface area contributed by atoms with Crippen molar-refractivity contribution in [2.75, 3.05) is 17.8 Å². The smallest absolute Gasteiger partial charge is 0.325 e. The maximum absolute atomic E-state index is 14.2. The number of ether oxygens (including phenoxy) is 1. The molecule has 0 fully saturated rings. The first-order valence-electron chi connectivity index (χ1n) is 12.9. The third kappa shape index (κ3) is 4.96. The Kier molecular flexibility index (Phi) is 7.89. The molecule has 1 unspecified atom stereocenters. The molecular weight excluding hydrogens is 496 g/mol. The summed E-state index contributed by atoms with van der Waals surface area (Å²) in [5.74, 6) is 0.484. The Hall–Kier alpha value is -3.91. The number of anilines is 1. The summed E-state index contributed by atoms with van der Waals surface area (Å²) >= 11 is 1.34. The van der Waals surface area contributed by atoms with Crippen molar-refractivity contribution in [2.45, 2.75) is 43.9 Å². The van der Waals surface area contributed by atoms with Crippen molar-refractivity contribution in [1.29, 1.82) is 0 Å². The summed E-state index contributed by atoms with van der Waals surface area (Å²) in [4.78, 5) is 32.2. The lowest BCUT2D eigenvalue weighted by atomic mass is 9.99. The molecule has 0 saturated heterocycles. The van der Waals surface area contributed by atoms with Crippen LogP contribution in [0.2, 0.25) is 0 Å². The summed E-state index contributed by atoms with van der Waals surface area (Å²) in [7, 11) is 0. The second-order valence-corrected chi connectivity index (χ2v) is 9.93. The van der Waals surface area contributed by atoms with Crippen molar-refractivity contribution in [2.24, 2.45) is 0 Å². The van der Waals surface area contributed by atoms with Crippen LogP contribution in [0.15, 0.2) is 88.8 Å². The van der Waals surface area contributed by atoms with Gasteiger partial charge < -0.3 is 4.74 Å². The molecule has 5 rings (SSSR count). The Balaban J connectivity index is 1.71. The van der Waals surface area contributed by atoms with Gasteiger partial charge in [0.2, 0.25) is 5.16 Å². The Morgan fingerprint density at radius 2 is 1.74 bits per heavy atom. The first-order chi connectivity index (χ1) is 18.6. The average Bonchev–Trinajstić information content (AvgIpc) is 2.96. The number of nitrogens with zero attached hydrogens (tertiary/aromatic N) is 3. The van der Waals surface area contributed by atoms with Crippen LogP contribution in [0.3, 0.4) is 0 Å². The quantitative estimate of drug-likeness (QED) is 0.174. The summed E-state index contributed by atoms with van der Waals surface area (Å²) in [6, 6.07) is 24.4. The monoisotopic (exact) mass is 527 g/mol. The predicted molar refractivity (Wildman–Crippen MR) is 150 cm³/mol. The first-order valence-corrected chi connectivity index (χ1v) is 14.2. The molecule has 8 heteroatoms. The molecule has 194 valence electrons. The van der Waals surface area contributed by atoms with E-state index in [-0.39, 0.29) is 11.5 Å². The highest BCUT2D eigenvalue weighted by Crippen LogP contribution is 2.40. The number of unbranched alkanes of at least 4 members (excludes halogenated alkanes) is 3. The molecule has 2 heterocycles. The van der Waals surface area contributed by atoms with Crippen LogP contribution in [0, 0.1) is 0 Å². The van der Waals surface area contributed by atoms with Gasteiger partial charge in [-0.15, -0.1) is 0 Å². The number of benzene rings is 3. The molecule has 1 atom stereocenters. The zero-order valence-corrected chi connectivity index (χ0v) is 22.4. The van der Waals surface area contributed by atoms with Gasteiger partial charge in [-0.2, -0.15) is 0 Å². The van der Waals surface area contributed by atoms with Gasteiger partial charge in [-0.25, -0.2) is 4.90 Å². The largest absolute Gasteiger partial charge is 0.493 e. The van der Waals surface area contributed by atoms with Gasteiger partial charge in [-0.1, -0.05) is 80.4 Å². The van der Waals surface area contributed by atoms with Crippen LogP contribution in [0.5, 0.6) is 5.75 Å². The lowest BCUT2D eigenvalue weighted by Gasteiger charge is -2.32. The number of thioether (sulfide) groups is 1. The van der Waals surface area contributed by atoms with Crippen molar-refractivity contribution in [3.05, 3.63) is 100 Å². The van der Waals surface area contributed by atoms with E-state index in [1.807, 2.05) is 73.0 Å². The highest BCUT2D eigenvalue weighted by atomic mass is 32.2. The predicted octanol–water partition coefficient (Wildman–Crippen LogP) is 5.61. The summed E-state index contributed by atoms with van der Waals surface area (Å²) in [5.41, 5.74) is 2.74. The second kappa shape index (κ2) is 11.6.